The topological polar surface area (TPSA) is 47.4 Å². The molecule has 1 aromatic carbocycles. The predicted octanol–water partition coefficient (Wildman–Crippen LogP) is 3.45. The van der Waals surface area contributed by atoms with Crippen LogP contribution in [0.1, 0.15) is 48.6 Å². The lowest BCUT2D eigenvalue weighted by Gasteiger charge is -2.35. The van der Waals surface area contributed by atoms with Gasteiger partial charge in [0.2, 0.25) is 5.91 Å². The Morgan fingerprint density at radius 2 is 1.85 bits per heavy atom. The van der Waals surface area contributed by atoms with Crippen molar-refractivity contribution in [2.24, 2.45) is 0 Å². The second-order valence-electron chi connectivity index (χ2n) is 7.54. The van der Waals surface area contributed by atoms with Gasteiger partial charge in [0.1, 0.15) is 17.7 Å². The van der Waals surface area contributed by atoms with Crippen molar-refractivity contribution in [1.29, 1.82) is 0 Å². The highest BCUT2D eigenvalue weighted by Crippen LogP contribution is 2.30. The zero-order valence-corrected chi connectivity index (χ0v) is 15.6. The van der Waals surface area contributed by atoms with E-state index >= 15 is 0 Å². The first-order valence-electron chi connectivity index (χ1n) is 9.66. The van der Waals surface area contributed by atoms with Crippen LogP contribution in [-0.2, 0) is 11.3 Å². The monoisotopic (exact) mass is 353 g/mol. The Kier molecular flexibility index (Phi) is 4.70. The van der Waals surface area contributed by atoms with E-state index in [0.717, 1.165) is 56.9 Å². The molecule has 1 aromatic heterocycles. The number of carbonyl (C=O) groups is 1. The third kappa shape index (κ3) is 3.22. The zero-order chi connectivity index (χ0) is 18.1. The Bertz CT molecular complexity index is 770. The lowest BCUT2D eigenvalue weighted by Crippen LogP contribution is -2.44. The number of aryl methyl sites for hydroxylation is 3. The van der Waals surface area contributed by atoms with Crippen molar-refractivity contribution in [1.82, 2.24) is 14.5 Å². The van der Waals surface area contributed by atoms with Crippen LogP contribution in [0.5, 0.6) is 5.75 Å². The smallest absolute Gasteiger partial charge is 0.233 e. The van der Waals surface area contributed by atoms with Gasteiger partial charge in [0, 0.05) is 44.9 Å². The molecule has 1 atom stereocenters. The van der Waals surface area contributed by atoms with Gasteiger partial charge in [-0.25, -0.2) is 4.98 Å². The number of likely N-dealkylation sites (tertiary alicyclic amines) is 1. The first-order valence-corrected chi connectivity index (χ1v) is 9.66. The summed E-state index contributed by atoms with van der Waals surface area (Å²) >= 11 is 0. The lowest BCUT2D eigenvalue weighted by molar-refractivity contribution is -0.135. The third-order valence-corrected chi connectivity index (χ3v) is 5.70. The summed E-state index contributed by atoms with van der Waals surface area (Å²) < 4.78 is 8.41. The summed E-state index contributed by atoms with van der Waals surface area (Å²) in [5.41, 5.74) is 2.36. The van der Waals surface area contributed by atoms with E-state index < -0.39 is 0 Å². The number of piperidine rings is 1. The van der Waals surface area contributed by atoms with E-state index in [1.165, 1.54) is 11.1 Å². The van der Waals surface area contributed by atoms with Gasteiger partial charge in [0.15, 0.2) is 0 Å². The number of para-hydroxylation sites is 1. The Labute approximate surface area is 155 Å². The number of hydrogen-bond donors (Lipinski definition) is 0. The van der Waals surface area contributed by atoms with Gasteiger partial charge in [-0.3, -0.25) is 4.79 Å². The summed E-state index contributed by atoms with van der Waals surface area (Å²) in [6.07, 6.45) is 7.72. The van der Waals surface area contributed by atoms with Gasteiger partial charge in [0.25, 0.3) is 0 Å². The highest BCUT2D eigenvalue weighted by Gasteiger charge is 2.33. The maximum absolute atomic E-state index is 13.0. The van der Waals surface area contributed by atoms with Gasteiger partial charge in [-0.1, -0.05) is 18.2 Å². The maximum atomic E-state index is 13.0. The SMILES string of the molecule is Cc1cccc(C)c1OC1CCN(C(=O)[C@@H]2CCCn3ccnc32)CC1. The summed E-state index contributed by atoms with van der Waals surface area (Å²) in [5, 5.41) is 0. The van der Waals surface area contributed by atoms with Crippen molar-refractivity contribution in [3.05, 3.63) is 47.5 Å². The Morgan fingerprint density at radius 1 is 1.12 bits per heavy atom. The minimum Gasteiger partial charge on any atom is -0.490 e. The molecule has 0 aliphatic carbocycles. The predicted molar refractivity (Wildman–Crippen MR) is 100 cm³/mol. The second-order valence-corrected chi connectivity index (χ2v) is 7.54. The standard InChI is InChI=1S/C21H27N3O2/c1-15-5-3-6-16(2)19(15)26-17-8-12-24(13-9-17)21(25)18-7-4-11-23-14-10-22-20(18)23/h3,5-6,10,14,17-18H,4,7-9,11-13H2,1-2H3/t18-/m1/s1. The number of fused-ring (bicyclic) bond motifs is 1. The molecule has 0 N–H and O–H groups in total. The van der Waals surface area contributed by atoms with Gasteiger partial charge < -0.3 is 14.2 Å². The van der Waals surface area contributed by atoms with Crippen LogP contribution in [0.15, 0.2) is 30.6 Å². The van der Waals surface area contributed by atoms with Crippen molar-refractivity contribution in [3.63, 3.8) is 0 Å². The Morgan fingerprint density at radius 3 is 2.58 bits per heavy atom. The molecule has 0 spiro atoms. The Balaban J connectivity index is 1.38. The van der Waals surface area contributed by atoms with Crippen LogP contribution >= 0.6 is 0 Å². The van der Waals surface area contributed by atoms with E-state index in [0.29, 0.717) is 0 Å². The van der Waals surface area contributed by atoms with Crippen LogP contribution in [0.4, 0.5) is 0 Å². The van der Waals surface area contributed by atoms with E-state index in [-0.39, 0.29) is 17.9 Å². The molecule has 138 valence electrons. The maximum Gasteiger partial charge on any atom is 0.233 e. The average Bonchev–Trinajstić information content (AvgIpc) is 3.14. The molecule has 1 amide bonds. The van der Waals surface area contributed by atoms with Crippen LogP contribution in [-0.4, -0.2) is 39.6 Å². The molecule has 0 unspecified atom stereocenters. The van der Waals surface area contributed by atoms with Crippen molar-refractivity contribution < 1.29 is 9.53 Å². The largest absolute Gasteiger partial charge is 0.490 e. The van der Waals surface area contributed by atoms with Crippen molar-refractivity contribution in [2.45, 2.75) is 58.1 Å². The van der Waals surface area contributed by atoms with Crippen molar-refractivity contribution in [2.75, 3.05) is 13.1 Å². The molecule has 1 saturated heterocycles. The van der Waals surface area contributed by atoms with Crippen LogP contribution in [0.25, 0.3) is 0 Å². The minimum atomic E-state index is -0.0742. The fraction of sp³-hybridized carbons (Fsp3) is 0.524. The summed E-state index contributed by atoms with van der Waals surface area (Å²) in [6, 6.07) is 6.24. The van der Waals surface area contributed by atoms with Crippen LogP contribution in [0.2, 0.25) is 0 Å². The van der Waals surface area contributed by atoms with Gasteiger partial charge >= 0.3 is 0 Å². The summed E-state index contributed by atoms with van der Waals surface area (Å²) in [5.74, 6) is 2.11. The zero-order valence-electron chi connectivity index (χ0n) is 15.6. The number of benzene rings is 1. The van der Waals surface area contributed by atoms with E-state index in [2.05, 4.69) is 41.6 Å². The van der Waals surface area contributed by atoms with Crippen molar-refractivity contribution >= 4 is 5.91 Å². The second kappa shape index (κ2) is 7.14. The molecule has 0 radical (unpaired) electrons. The fourth-order valence-corrected chi connectivity index (χ4v) is 4.21. The molecule has 26 heavy (non-hydrogen) atoms. The van der Waals surface area contributed by atoms with Crippen LogP contribution < -0.4 is 4.74 Å². The van der Waals surface area contributed by atoms with E-state index in [9.17, 15) is 4.79 Å². The van der Waals surface area contributed by atoms with Crippen LogP contribution in [0.3, 0.4) is 0 Å². The van der Waals surface area contributed by atoms with E-state index in [4.69, 9.17) is 4.74 Å². The molecule has 1 fully saturated rings. The summed E-state index contributed by atoms with van der Waals surface area (Å²) in [7, 11) is 0. The molecular formula is C21H27N3O2. The quantitative estimate of drug-likeness (QED) is 0.849. The van der Waals surface area contributed by atoms with E-state index in [1.807, 2.05) is 17.3 Å². The van der Waals surface area contributed by atoms with Gasteiger partial charge in [-0.2, -0.15) is 0 Å². The van der Waals surface area contributed by atoms with Gasteiger partial charge in [-0.15, -0.1) is 0 Å². The first-order chi connectivity index (χ1) is 12.6. The molecule has 3 heterocycles. The molecule has 0 bridgehead atoms. The highest BCUT2D eigenvalue weighted by molar-refractivity contribution is 5.83. The number of aromatic nitrogens is 2. The van der Waals surface area contributed by atoms with E-state index in [1.54, 1.807) is 0 Å². The minimum absolute atomic E-state index is 0.0742. The molecule has 2 aliphatic rings. The van der Waals surface area contributed by atoms with Crippen LogP contribution in [0, 0.1) is 13.8 Å². The number of carbonyl (C=O) groups excluding carboxylic acids is 1. The molecule has 5 nitrogen and oxygen atoms in total. The van der Waals surface area contributed by atoms with Gasteiger partial charge in [-0.05, 0) is 37.8 Å². The van der Waals surface area contributed by atoms with Gasteiger partial charge in [0.05, 0.1) is 5.92 Å². The first kappa shape index (κ1) is 17.1. The number of amides is 1. The summed E-state index contributed by atoms with van der Waals surface area (Å²) in [6.45, 7) is 6.69. The average molecular weight is 353 g/mol. The number of nitrogens with zero attached hydrogens (tertiary/aromatic N) is 3. The fourth-order valence-electron chi connectivity index (χ4n) is 4.21. The molecule has 2 aliphatic heterocycles. The molecular weight excluding hydrogens is 326 g/mol. The Hall–Kier alpha value is -2.30. The molecule has 4 rings (SSSR count). The molecule has 5 heteroatoms. The third-order valence-electron chi connectivity index (χ3n) is 5.70. The van der Waals surface area contributed by atoms with Crippen molar-refractivity contribution in [3.8, 4) is 5.75 Å². The number of rotatable bonds is 3. The number of imidazole rings is 1. The lowest BCUT2D eigenvalue weighted by atomic mass is 9.96. The normalized spacial score (nSPS) is 20.7. The number of hydrogen-bond acceptors (Lipinski definition) is 3. The molecule has 0 saturated carbocycles. The highest BCUT2D eigenvalue weighted by atomic mass is 16.5. The number of ether oxygens (including phenoxy) is 1. The summed E-state index contributed by atoms with van der Waals surface area (Å²) in [4.78, 5) is 19.5. The molecule has 2 aromatic rings.